The zero-order chi connectivity index (χ0) is 17.4. The fourth-order valence-corrected chi connectivity index (χ4v) is 4.21. The molecule has 1 aliphatic rings. The van der Waals surface area contributed by atoms with Gasteiger partial charge >= 0.3 is 0 Å². The molecule has 2 aromatic heterocycles. The van der Waals surface area contributed by atoms with E-state index < -0.39 is 0 Å². The highest BCUT2D eigenvalue weighted by molar-refractivity contribution is 7.13. The topological polar surface area (TPSA) is 41.4 Å². The maximum Gasteiger partial charge on any atom is 0.270 e. The zero-order valence-corrected chi connectivity index (χ0v) is 15.4. The number of piperazine rings is 1. The molecule has 6 heteroatoms. The van der Waals surface area contributed by atoms with Gasteiger partial charge in [-0.2, -0.15) is 4.37 Å². The van der Waals surface area contributed by atoms with Crippen molar-refractivity contribution in [3.63, 3.8) is 0 Å². The lowest BCUT2D eigenvalue weighted by Gasteiger charge is -2.35. The number of amides is 1. The van der Waals surface area contributed by atoms with Crippen LogP contribution in [-0.4, -0.2) is 45.9 Å². The predicted octanol–water partition coefficient (Wildman–Crippen LogP) is 3.64. The maximum atomic E-state index is 12.9. The summed E-state index contributed by atoms with van der Waals surface area (Å²) in [6.07, 6.45) is 1.98. The van der Waals surface area contributed by atoms with Gasteiger partial charge in [-0.05, 0) is 49.6 Å². The van der Waals surface area contributed by atoms with E-state index in [0.717, 1.165) is 37.7 Å². The Hall–Kier alpha value is -2.34. The second-order valence-corrected chi connectivity index (χ2v) is 7.48. The molecule has 25 heavy (non-hydrogen) atoms. The number of carbonyl (C=O) groups excluding carboxylic acids is 1. The molecule has 0 saturated carbocycles. The van der Waals surface area contributed by atoms with Crippen molar-refractivity contribution in [2.75, 3.05) is 31.1 Å². The number of hydrogen-bond donors (Lipinski definition) is 0. The quantitative estimate of drug-likeness (QED) is 0.721. The second-order valence-electron chi connectivity index (χ2n) is 6.68. The summed E-state index contributed by atoms with van der Waals surface area (Å²) in [6, 6.07) is 12.5. The van der Waals surface area contributed by atoms with Crippen molar-refractivity contribution in [1.82, 2.24) is 13.8 Å². The lowest BCUT2D eigenvalue weighted by atomic mass is 10.2. The molecular formula is C19H22N4OS. The van der Waals surface area contributed by atoms with E-state index in [0.29, 0.717) is 0 Å². The monoisotopic (exact) mass is 354 g/mol. The predicted molar refractivity (Wildman–Crippen MR) is 103 cm³/mol. The van der Waals surface area contributed by atoms with Crippen LogP contribution in [0.3, 0.4) is 0 Å². The van der Waals surface area contributed by atoms with Crippen LogP contribution in [0.4, 0.5) is 5.82 Å². The first-order valence-corrected chi connectivity index (χ1v) is 9.48. The molecule has 3 heterocycles. The first kappa shape index (κ1) is 16.1. The molecule has 0 spiro atoms. The van der Waals surface area contributed by atoms with E-state index in [9.17, 15) is 4.79 Å². The van der Waals surface area contributed by atoms with Crippen LogP contribution in [0.15, 0.2) is 42.6 Å². The summed E-state index contributed by atoms with van der Waals surface area (Å²) in [6.45, 7) is 7.30. The first-order chi connectivity index (χ1) is 12.1. The van der Waals surface area contributed by atoms with Gasteiger partial charge in [0.25, 0.3) is 5.91 Å². The zero-order valence-electron chi connectivity index (χ0n) is 14.6. The molecule has 0 aliphatic carbocycles. The molecule has 0 atom stereocenters. The molecule has 0 unspecified atom stereocenters. The third kappa shape index (κ3) is 2.91. The Labute approximate surface area is 151 Å². The molecule has 0 radical (unpaired) electrons. The molecule has 5 nitrogen and oxygen atoms in total. The smallest absolute Gasteiger partial charge is 0.270 e. The van der Waals surface area contributed by atoms with Gasteiger partial charge in [-0.3, -0.25) is 4.79 Å². The largest absolute Gasteiger partial charge is 0.352 e. The summed E-state index contributed by atoms with van der Waals surface area (Å²) in [5, 5.41) is 1.21. The summed E-state index contributed by atoms with van der Waals surface area (Å²) in [4.78, 5) is 17.1. The standard InChI is InChI=1S/C19H22N4OS/c1-14(2)23-9-5-7-16(23)19(24)22-12-10-21(11-13-22)18-15-6-3-4-8-17(15)25-20-18/h3-9,14H,10-13H2,1-2H3. The molecule has 3 aromatic rings. The average molecular weight is 354 g/mol. The van der Waals surface area contributed by atoms with Gasteiger partial charge in [0.05, 0.1) is 4.70 Å². The van der Waals surface area contributed by atoms with E-state index in [1.807, 2.05) is 33.9 Å². The van der Waals surface area contributed by atoms with E-state index in [2.05, 4.69) is 41.3 Å². The summed E-state index contributed by atoms with van der Waals surface area (Å²) >= 11 is 1.54. The van der Waals surface area contributed by atoms with Gasteiger partial charge in [0, 0.05) is 43.8 Å². The van der Waals surface area contributed by atoms with E-state index >= 15 is 0 Å². The van der Waals surface area contributed by atoms with Crippen LogP contribution in [0.2, 0.25) is 0 Å². The number of fused-ring (bicyclic) bond motifs is 1. The molecule has 1 aliphatic heterocycles. The Morgan fingerprint density at radius 3 is 2.60 bits per heavy atom. The van der Waals surface area contributed by atoms with E-state index in [-0.39, 0.29) is 11.9 Å². The molecule has 0 N–H and O–H groups in total. The van der Waals surface area contributed by atoms with Crippen molar-refractivity contribution in [3.05, 3.63) is 48.3 Å². The SMILES string of the molecule is CC(C)n1cccc1C(=O)N1CCN(c2nsc3ccccc23)CC1. The Morgan fingerprint density at radius 2 is 1.84 bits per heavy atom. The van der Waals surface area contributed by atoms with Crippen molar-refractivity contribution in [3.8, 4) is 0 Å². The number of anilines is 1. The van der Waals surface area contributed by atoms with Crippen LogP contribution in [0.1, 0.15) is 30.4 Å². The van der Waals surface area contributed by atoms with Gasteiger partial charge in [0.2, 0.25) is 0 Å². The second kappa shape index (κ2) is 6.52. The van der Waals surface area contributed by atoms with Crippen LogP contribution >= 0.6 is 11.5 Å². The van der Waals surface area contributed by atoms with Crippen molar-refractivity contribution in [2.24, 2.45) is 0 Å². The van der Waals surface area contributed by atoms with Crippen LogP contribution in [-0.2, 0) is 0 Å². The highest BCUT2D eigenvalue weighted by Gasteiger charge is 2.26. The Kier molecular flexibility index (Phi) is 4.21. The van der Waals surface area contributed by atoms with Crippen molar-refractivity contribution < 1.29 is 4.79 Å². The third-order valence-electron chi connectivity index (χ3n) is 4.78. The van der Waals surface area contributed by atoms with Gasteiger partial charge in [0.1, 0.15) is 11.5 Å². The normalized spacial score (nSPS) is 15.3. The van der Waals surface area contributed by atoms with Crippen molar-refractivity contribution in [2.45, 2.75) is 19.9 Å². The summed E-state index contributed by atoms with van der Waals surface area (Å²) in [5.41, 5.74) is 0.780. The van der Waals surface area contributed by atoms with Crippen molar-refractivity contribution in [1.29, 1.82) is 0 Å². The molecule has 130 valence electrons. The van der Waals surface area contributed by atoms with Gasteiger partial charge in [0.15, 0.2) is 0 Å². The molecule has 0 bridgehead atoms. The first-order valence-electron chi connectivity index (χ1n) is 8.70. The highest BCUT2D eigenvalue weighted by atomic mass is 32.1. The average Bonchev–Trinajstić information content (AvgIpc) is 3.28. The molecule has 4 rings (SSSR count). The summed E-state index contributed by atoms with van der Waals surface area (Å²) in [5.74, 6) is 1.18. The highest BCUT2D eigenvalue weighted by Crippen LogP contribution is 2.30. The maximum absolute atomic E-state index is 12.9. The summed E-state index contributed by atoms with van der Waals surface area (Å²) in [7, 11) is 0. The molecule has 1 saturated heterocycles. The van der Waals surface area contributed by atoms with Crippen LogP contribution in [0.5, 0.6) is 0 Å². The van der Waals surface area contributed by atoms with Gasteiger partial charge < -0.3 is 14.4 Å². The number of hydrogen-bond acceptors (Lipinski definition) is 4. The lowest BCUT2D eigenvalue weighted by molar-refractivity contribution is 0.0734. The third-order valence-corrected chi connectivity index (χ3v) is 5.60. The van der Waals surface area contributed by atoms with Crippen LogP contribution in [0, 0.1) is 0 Å². The van der Waals surface area contributed by atoms with Gasteiger partial charge in [-0.25, -0.2) is 0 Å². The Bertz CT molecular complexity index is 890. The molecule has 1 amide bonds. The number of rotatable bonds is 3. The molecular weight excluding hydrogens is 332 g/mol. The minimum Gasteiger partial charge on any atom is -0.352 e. The fraction of sp³-hybridized carbons (Fsp3) is 0.368. The number of nitrogens with zero attached hydrogens (tertiary/aromatic N) is 4. The Balaban J connectivity index is 1.48. The van der Waals surface area contributed by atoms with Crippen molar-refractivity contribution >= 4 is 33.3 Å². The van der Waals surface area contributed by atoms with Crippen LogP contribution in [0.25, 0.3) is 10.1 Å². The van der Waals surface area contributed by atoms with Gasteiger partial charge in [-0.15, -0.1) is 0 Å². The minimum atomic E-state index is 0.126. The number of aromatic nitrogens is 2. The Morgan fingerprint density at radius 1 is 1.08 bits per heavy atom. The van der Waals surface area contributed by atoms with Gasteiger partial charge in [-0.1, -0.05) is 12.1 Å². The number of benzene rings is 1. The summed E-state index contributed by atoms with van der Waals surface area (Å²) < 4.78 is 7.89. The van der Waals surface area contributed by atoms with Crippen LogP contribution < -0.4 is 4.90 Å². The van der Waals surface area contributed by atoms with E-state index in [1.54, 1.807) is 11.5 Å². The molecule has 1 aromatic carbocycles. The lowest BCUT2D eigenvalue weighted by Crippen LogP contribution is -2.49. The fourth-order valence-electron chi connectivity index (χ4n) is 3.41. The molecule has 1 fully saturated rings. The number of carbonyl (C=O) groups is 1. The van der Waals surface area contributed by atoms with E-state index in [4.69, 9.17) is 0 Å². The van der Waals surface area contributed by atoms with E-state index in [1.165, 1.54) is 10.1 Å². The minimum absolute atomic E-state index is 0.126.